The molecule has 0 spiro atoms. The number of benzene rings is 2. The Hall–Kier alpha value is -3.51. The Labute approximate surface area is 161 Å². The van der Waals surface area contributed by atoms with Crippen LogP contribution in [0, 0.1) is 0 Å². The van der Waals surface area contributed by atoms with Gasteiger partial charge < -0.3 is 27.2 Å². The zero-order valence-corrected chi connectivity index (χ0v) is 15.9. The Morgan fingerprint density at radius 3 is 1.66 bits per heavy atom. The van der Waals surface area contributed by atoms with E-state index in [2.05, 4.69) is 4.18 Å². The molecule has 0 radical (unpaired) electrons. The van der Waals surface area contributed by atoms with Crippen LogP contribution in [0.25, 0.3) is 32.7 Å². The van der Waals surface area contributed by atoms with E-state index in [1.807, 2.05) is 0 Å². The van der Waals surface area contributed by atoms with E-state index in [4.69, 9.17) is 27.6 Å². The molecule has 2 aromatic heterocycles. The summed E-state index contributed by atoms with van der Waals surface area (Å²) >= 11 is 0. The summed E-state index contributed by atoms with van der Waals surface area (Å²) in [5.41, 5.74) is -2.10. The Morgan fingerprint density at radius 1 is 0.793 bits per heavy atom. The van der Waals surface area contributed by atoms with Crippen LogP contribution in [0.1, 0.15) is 0 Å². The van der Waals surface area contributed by atoms with Gasteiger partial charge in [-0.3, -0.25) is 4.55 Å². The molecule has 0 atom stereocenters. The molecular formula is C17H12O11S. The summed E-state index contributed by atoms with van der Waals surface area (Å²) < 4.78 is 62.1. The van der Waals surface area contributed by atoms with Gasteiger partial charge in [-0.05, 0) is 6.07 Å². The normalized spacial score (nSPS) is 12.0. The van der Waals surface area contributed by atoms with Crippen molar-refractivity contribution in [2.24, 2.45) is 0 Å². The SMILES string of the molecule is COc1cc2c(=O)oc3c(OC)c(OS(=O)(=O)O)cc4c(=O)oc(c1OC)c2c34. The number of rotatable bonds is 5. The molecule has 0 fully saturated rings. The van der Waals surface area contributed by atoms with Crippen molar-refractivity contribution in [3.05, 3.63) is 33.0 Å². The van der Waals surface area contributed by atoms with Crippen molar-refractivity contribution in [3.63, 3.8) is 0 Å². The van der Waals surface area contributed by atoms with E-state index in [0.717, 1.165) is 13.2 Å². The van der Waals surface area contributed by atoms with Gasteiger partial charge in [0.2, 0.25) is 11.5 Å². The van der Waals surface area contributed by atoms with E-state index in [9.17, 15) is 18.0 Å². The second-order valence-corrected chi connectivity index (χ2v) is 6.84. The highest BCUT2D eigenvalue weighted by atomic mass is 32.3. The average molecular weight is 424 g/mol. The van der Waals surface area contributed by atoms with Crippen LogP contribution < -0.4 is 29.6 Å². The topological polar surface area (TPSA) is 152 Å². The molecule has 0 amide bonds. The fourth-order valence-corrected chi connectivity index (χ4v) is 3.61. The lowest BCUT2D eigenvalue weighted by Crippen LogP contribution is -2.11. The van der Waals surface area contributed by atoms with Crippen LogP contribution in [-0.2, 0) is 10.4 Å². The average Bonchev–Trinajstić information content (AvgIpc) is 2.65. The molecule has 152 valence electrons. The molecule has 0 bridgehead atoms. The lowest BCUT2D eigenvalue weighted by Gasteiger charge is -2.15. The van der Waals surface area contributed by atoms with E-state index in [-0.39, 0.29) is 50.0 Å². The second kappa shape index (κ2) is 6.25. The second-order valence-electron chi connectivity index (χ2n) is 5.81. The number of ether oxygens (including phenoxy) is 3. The van der Waals surface area contributed by atoms with E-state index >= 15 is 0 Å². The van der Waals surface area contributed by atoms with Gasteiger partial charge in [-0.1, -0.05) is 0 Å². The highest BCUT2D eigenvalue weighted by Crippen LogP contribution is 2.45. The summed E-state index contributed by atoms with van der Waals surface area (Å²) in [6.07, 6.45) is 0. The van der Waals surface area contributed by atoms with Crippen molar-refractivity contribution in [2.45, 2.75) is 0 Å². The molecule has 2 aromatic carbocycles. The number of hydrogen-bond donors (Lipinski definition) is 1. The van der Waals surface area contributed by atoms with Crippen molar-refractivity contribution in [1.82, 2.24) is 0 Å². The first kappa shape index (κ1) is 18.8. The van der Waals surface area contributed by atoms with Gasteiger partial charge in [0.25, 0.3) is 0 Å². The molecule has 4 aromatic rings. The van der Waals surface area contributed by atoms with Crippen molar-refractivity contribution in [3.8, 4) is 23.0 Å². The molecule has 4 rings (SSSR count). The third kappa shape index (κ3) is 2.72. The highest BCUT2D eigenvalue weighted by molar-refractivity contribution is 7.81. The lowest BCUT2D eigenvalue weighted by molar-refractivity contribution is 0.352. The molecule has 0 aliphatic heterocycles. The molecule has 29 heavy (non-hydrogen) atoms. The minimum absolute atomic E-state index is 0.0319. The lowest BCUT2D eigenvalue weighted by atomic mass is 10.0. The molecular weight excluding hydrogens is 412 g/mol. The van der Waals surface area contributed by atoms with Gasteiger partial charge >= 0.3 is 21.7 Å². The largest absolute Gasteiger partial charge is 0.493 e. The minimum Gasteiger partial charge on any atom is -0.493 e. The van der Waals surface area contributed by atoms with Gasteiger partial charge in [-0.25, -0.2) is 9.59 Å². The van der Waals surface area contributed by atoms with Gasteiger partial charge in [0.1, 0.15) is 0 Å². The van der Waals surface area contributed by atoms with Gasteiger partial charge in [-0.2, -0.15) is 8.42 Å². The third-order valence-electron chi connectivity index (χ3n) is 4.31. The molecule has 1 N–H and O–H groups in total. The van der Waals surface area contributed by atoms with Crippen LogP contribution in [0.2, 0.25) is 0 Å². The quantitative estimate of drug-likeness (QED) is 0.283. The van der Waals surface area contributed by atoms with Crippen molar-refractivity contribution < 1.29 is 40.2 Å². The first-order chi connectivity index (χ1) is 13.7. The molecule has 0 saturated carbocycles. The summed E-state index contributed by atoms with van der Waals surface area (Å²) in [7, 11) is -1.13. The Bertz CT molecular complexity index is 1490. The minimum atomic E-state index is -4.97. The zero-order chi connectivity index (χ0) is 21.1. The third-order valence-corrected chi connectivity index (χ3v) is 4.70. The maximum absolute atomic E-state index is 12.6. The fourth-order valence-electron chi connectivity index (χ4n) is 3.26. The van der Waals surface area contributed by atoms with Crippen LogP contribution in [0.4, 0.5) is 0 Å². The first-order valence-electron chi connectivity index (χ1n) is 7.85. The molecule has 12 heteroatoms. The zero-order valence-electron chi connectivity index (χ0n) is 15.1. The van der Waals surface area contributed by atoms with E-state index < -0.39 is 27.4 Å². The van der Waals surface area contributed by atoms with Crippen molar-refractivity contribution in [1.29, 1.82) is 0 Å². The molecule has 0 aliphatic rings. The monoisotopic (exact) mass is 424 g/mol. The standard InChI is InChI=1S/C17H12O11S/c1-23-8-4-6-10-11-7(17(19)26-14(10)12(8)24-2)5-9(28-29(20,21)22)13(25-3)15(11)27-16(6)18/h4-5H,1-3H3,(H,20,21,22). The summed E-state index contributed by atoms with van der Waals surface area (Å²) in [5, 5.41) is 0.156. The van der Waals surface area contributed by atoms with E-state index in [1.54, 1.807) is 0 Å². The molecule has 0 saturated heterocycles. The van der Waals surface area contributed by atoms with E-state index in [0.29, 0.717) is 0 Å². The Balaban J connectivity index is 2.33. The first-order valence-corrected chi connectivity index (χ1v) is 9.22. The summed E-state index contributed by atoms with van der Waals surface area (Å²) in [4.78, 5) is 25.3. The van der Waals surface area contributed by atoms with Crippen LogP contribution >= 0.6 is 0 Å². The predicted octanol–water partition coefficient (Wildman–Crippen LogP) is 1.70. The van der Waals surface area contributed by atoms with Crippen LogP contribution in [-0.4, -0.2) is 34.3 Å². The highest BCUT2D eigenvalue weighted by Gasteiger charge is 2.28. The van der Waals surface area contributed by atoms with Crippen LogP contribution in [0.3, 0.4) is 0 Å². The summed E-state index contributed by atoms with van der Waals surface area (Å²) in [6, 6.07) is 2.36. The van der Waals surface area contributed by atoms with Gasteiger partial charge in [-0.15, -0.1) is 0 Å². The maximum Gasteiger partial charge on any atom is 0.446 e. The van der Waals surface area contributed by atoms with Crippen molar-refractivity contribution in [2.75, 3.05) is 21.3 Å². The van der Waals surface area contributed by atoms with Crippen LogP contribution in [0.15, 0.2) is 30.6 Å². The smallest absolute Gasteiger partial charge is 0.446 e. The molecule has 0 unspecified atom stereocenters. The molecule has 11 nitrogen and oxygen atoms in total. The summed E-state index contributed by atoms with van der Waals surface area (Å²) in [5.74, 6) is -0.684. The summed E-state index contributed by atoms with van der Waals surface area (Å²) in [6.45, 7) is 0. The Morgan fingerprint density at radius 2 is 1.24 bits per heavy atom. The van der Waals surface area contributed by atoms with E-state index in [1.165, 1.54) is 20.3 Å². The fraction of sp³-hybridized carbons (Fsp3) is 0.176. The van der Waals surface area contributed by atoms with Gasteiger partial charge in [0.15, 0.2) is 22.7 Å². The van der Waals surface area contributed by atoms with Gasteiger partial charge in [0.05, 0.1) is 32.1 Å². The van der Waals surface area contributed by atoms with Gasteiger partial charge in [0, 0.05) is 16.8 Å². The maximum atomic E-state index is 12.6. The number of methoxy groups -OCH3 is 3. The van der Waals surface area contributed by atoms with Crippen LogP contribution in [0.5, 0.6) is 23.0 Å². The molecule has 2 heterocycles. The van der Waals surface area contributed by atoms with Crippen molar-refractivity contribution >= 4 is 43.1 Å². The predicted molar refractivity (Wildman–Crippen MR) is 99.1 cm³/mol. The number of hydrogen-bond acceptors (Lipinski definition) is 10. The molecule has 0 aliphatic carbocycles. The Kier molecular flexibility index (Phi) is 4.06.